The maximum Gasteiger partial charge on any atom is 0.250 e. The molecule has 0 aromatic heterocycles. The zero-order chi connectivity index (χ0) is 10.9. The van der Waals surface area contributed by atoms with Gasteiger partial charge in [-0.15, -0.1) is 0 Å². The van der Waals surface area contributed by atoms with E-state index in [0.717, 1.165) is 13.1 Å². The van der Waals surface area contributed by atoms with Gasteiger partial charge in [0.15, 0.2) is 0 Å². The Morgan fingerprint density at radius 3 is 2.87 bits per heavy atom. The van der Waals surface area contributed by atoms with Crippen molar-refractivity contribution in [3.8, 4) is 0 Å². The fraction of sp³-hybridized carbons (Fsp3) is 0.909. The molecule has 2 fully saturated rings. The maximum atomic E-state index is 11.7. The van der Waals surface area contributed by atoms with Crippen LogP contribution in [0.3, 0.4) is 0 Å². The fourth-order valence-corrected chi connectivity index (χ4v) is 2.00. The molecule has 4 nitrogen and oxygen atoms in total. The van der Waals surface area contributed by atoms with Gasteiger partial charge in [-0.05, 0) is 17.8 Å². The Labute approximate surface area is 90.8 Å². The van der Waals surface area contributed by atoms with Gasteiger partial charge in [-0.1, -0.05) is 13.8 Å². The van der Waals surface area contributed by atoms with Crippen LogP contribution in [0.15, 0.2) is 0 Å². The molecule has 0 aromatic carbocycles. The molecule has 1 heterocycles. The van der Waals surface area contributed by atoms with Gasteiger partial charge in [0.1, 0.15) is 6.10 Å². The third kappa shape index (κ3) is 2.69. The fourth-order valence-electron chi connectivity index (χ4n) is 2.00. The Morgan fingerprint density at radius 1 is 1.60 bits per heavy atom. The smallest absolute Gasteiger partial charge is 0.250 e. The van der Waals surface area contributed by atoms with E-state index >= 15 is 0 Å². The average molecular weight is 212 g/mol. The molecule has 0 spiro atoms. The van der Waals surface area contributed by atoms with Gasteiger partial charge in [-0.3, -0.25) is 4.79 Å². The molecule has 2 N–H and O–H groups in total. The van der Waals surface area contributed by atoms with Crippen molar-refractivity contribution in [2.24, 2.45) is 11.3 Å². The van der Waals surface area contributed by atoms with Crippen molar-refractivity contribution in [1.29, 1.82) is 0 Å². The summed E-state index contributed by atoms with van der Waals surface area (Å²) in [5.74, 6) is 0.683. The van der Waals surface area contributed by atoms with Crippen molar-refractivity contribution < 1.29 is 9.53 Å². The van der Waals surface area contributed by atoms with Crippen molar-refractivity contribution in [2.75, 3.05) is 26.2 Å². The Hall–Kier alpha value is -0.610. The molecule has 2 unspecified atom stereocenters. The monoisotopic (exact) mass is 212 g/mol. The molecule has 1 amide bonds. The summed E-state index contributed by atoms with van der Waals surface area (Å²) in [4.78, 5) is 11.7. The molecular weight excluding hydrogens is 192 g/mol. The standard InChI is InChI=1S/C11H20N2O2/c1-11(2)5-8(11)6-13-10(14)9-7-12-3-4-15-9/h8-9,12H,3-7H2,1-2H3,(H,13,14). The van der Waals surface area contributed by atoms with Crippen LogP contribution < -0.4 is 10.6 Å². The SMILES string of the molecule is CC1(C)CC1CNC(=O)C1CNCCO1. The Bertz CT molecular complexity index is 247. The highest BCUT2D eigenvalue weighted by molar-refractivity contribution is 5.81. The van der Waals surface area contributed by atoms with E-state index in [2.05, 4.69) is 24.5 Å². The molecule has 2 rings (SSSR count). The van der Waals surface area contributed by atoms with E-state index in [-0.39, 0.29) is 12.0 Å². The van der Waals surface area contributed by atoms with E-state index < -0.39 is 0 Å². The van der Waals surface area contributed by atoms with E-state index in [9.17, 15) is 4.79 Å². The van der Waals surface area contributed by atoms with E-state index in [1.165, 1.54) is 6.42 Å². The summed E-state index contributed by atoms with van der Waals surface area (Å²) in [5.41, 5.74) is 0.430. The highest BCUT2D eigenvalue weighted by Crippen LogP contribution is 2.50. The highest BCUT2D eigenvalue weighted by atomic mass is 16.5. The van der Waals surface area contributed by atoms with E-state index in [4.69, 9.17) is 4.74 Å². The van der Waals surface area contributed by atoms with Crippen LogP contribution in [0.4, 0.5) is 0 Å². The van der Waals surface area contributed by atoms with Gasteiger partial charge in [0.25, 0.3) is 0 Å². The summed E-state index contributed by atoms with van der Waals surface area (Å²) in [6.07, 6.45) is 0.928. The first kappa shape index (κ1) is 10.9. The molecule has 4 heteroatoms. The highest BCUT2D eigenvalue weighted by Gasteiger charge is 2.45. The lowest BCUT2D eigenvalue weighted by Crippen LogP contribution is -2.48. The van der Waals surface area contributed by atoms with Gasteiger partial charge in [0.2, 0.25) is 5.91 Å². The number of morpholine rings is 1. The number of amides is 1. The minimum absolute atomic E-state index is 0.0323. The summed E-state index contributed by atoms with van der Waals surface area (Å²) < 4.78 is 5.37. The van der Waals surface area contributed by atoms with Crippen molar-refractivity contribution in [2.45, 2.75) is 26.4 Å². The van der Waals surface area contributed by atoms with Crippen molar-refractivity contribution in [3.63, 3.8) is 0 Å². The second-order valence-corrected chi connectivity index (χ2v) is 5.20. The van der Waals surface area contributed by atoms with Crippen LogP contribution in [-0.2, 0) is 9.53 Å². The molecule has 0 aromatic rings. The van der Waals surface area contributed by atoms with Crippen molar-refractivity contribution in [1.82, 2.24) is 10.6 Å². The summed E-state index contributed by atoms with van der Waals surface area (Å²) in [5, 5.41) is 6.12. The van der Waals surface area contributed by atoms with E-state index in [0.29, 0.717) is 24.5 Å². The molecule has 2 atom stereocenters. The zero-order valence-corrected chi connectivity index (χ0v) is 9.51. The average Bonchev–Trinajstić information content (AvgIpc) is 2.84. The van der Waals surface area contributed by atoms with E-state index in [1.807, 2.05) is 0 Å². The lowest BCUT2D eigenvalue weighted by molar-refractivity contribution is -0.134. The lowest BCUT2D eigenvalue weighted by atomic mass is 10.1. The molecule has 86 valence electrons. The molecule has 0 radical (unpaired) electrons. The predicted molar refractivity (Wildman–Crippen MR) is 57.5 cm³/mol. The molecular formula is C11H20N2O2. The normalized spacial score (nSPS) is 33.5. The van der Waals surface area contributed by atoms with Gasteiger partial charge >= 0.3 is 0 Å². The molecule has 15 heavy (non-hydrogen) atoms. The van der Waals surface area contributed by atoms with Crippen LogP contribution >= 0.6 is 0 Å². The first-order chi connectivity index (χ1) is 7.09. The topological polar surface area (TPSA) is 50.4 Å². The van der Waals surface area contributed by atoms with Crippen LogP contribution in [-0.4, -0.2) is 38.3 Å². The Balaban J connectivity index is 1.68. The Morgan fingerprint density at radius 2 is 2.33 bits per heavy atom. The van der Waals surface area contributed by atoms with Gasteiger partial charge in [-0.2, -0.15) is 0 Å². The molecule has 1 aliphatic carbocycles. The number of hydrogen-bond acceptors (Lipinski definition) is 3. The van der Waals surface area contributed by atoms with Gasteiger partial charge in [-0.25, -0.2) is 0 Å². The molecule has 1 saturated carbocycles. The van der Waals surface area contributed by atoms with Crippen LogP contribution in [0.1, 0.15) is 20.3 Å². The quantitative estimate of drug-likeness (QED) is 0.699. The second kappa shape index (κ2) is 4.10. The summed E-state index contributed by atoms with van der Waals surface area (Å²) >= 11 is 0. The van der Waals surface area contributed by atoms with Gasteiger partial charge < -0.3 is 15.4 Å². The number of carbonyl (C=O) groups excluding carboxylic acids is 1. The lowest BCUT2D eigenvalue weighted by Gasteiger charge is -2.22. The van der Waals surface area contributed by atoms with Crippen LogP contribution in [0.25, 0.3) is 0 Å². The second-order valence-electron chi connectivity index (χ2n) is 5.20. The zero-order valence-electron chi connectivity index (χ0n) is 9.51. The third-order valence-electron chi connectivity index (χ3n) is 3.46. The third-order valence-corrected chi connectivity index (χ3v) is 3.46. The molecule has 1 saturated heterocycles. The van der Waals surface area contributed by atoms with Gasteiger partial charge in [0, 0.05) is 19.6 Å². The number of hydrogen-bond donors (Lipinski definition) is 2. The number of ether oxygens (including phenoxy) is 1. The summed E-state index contributed by atoms with van der Waals surface area (Å²) in [7, 11) is 0. The molecule has 1 aliphatic heterocycles. The molecule has 2 aliphatic rings. The first-order valence-electron chi connectivity index (χ1n) is 5.69. The van der Waals surface area contributed by atoms with Crippen molar-refractivity contribution >= 4 is 5.91 Å². The minimum atomic E-state index is -0.291. The van der Waals surface area contributed by atoms with E-state index in [1.54, 1.807) is 0 Å². The first-order valence-corrected chi connectivity index (χ1v) is 5.69. The number of nitrogens with one attached hydrogen (secondary N) is 2. The van der Waals surface area contributed by atoms with Crippen LogP contribution in [0, 0.1) is 11.3 Å². The Kier molecular flexibility index (Phi) is 2.98. The van der Waals surface area contributed by atoms with Gasteiger partial charge in [0.05, 0.1) is 6.61 Å². The number of rotatable bonds is 3. The van der Waals surface area contributed by atoms with Crippen molar-refractivity contribution in [3.05, 3.63) is 0 Å². The van der Waals surface area contributed by atoms with Crippen LogP contribution in [0.5, 0.6) is 0 Å². The predicted octanol–water partition coefficient (Wildman–Crippen LogP) is 0.137. The number of carbonyl (C=O) groups is 1. The summed E-state index contributed by atoms with van der Waals surface area (Å²) in [6.45, 7) is 7.39. The maximum absolute atomic E-state index is 11.7. The molecule has 0 bridgehead atoms. The minimum Gasteiger partial charge on any atom is -0.366 e. The van der Waals surface area contributed by atoms with Crippen LogP contribution in [0.2, 0.25) is 0 Å². The largest absolute Gasteiger partial charge is 0.366 e. The summed E-state index contributed by atoms with van der Waals surface area (Å²) in [6, 6.07) is 0.